The van der Waals surface area contributed by atoms with E-state index in [2.05, 4.69) is 30.5 Å². The summed E-state index contributed by atoms with van der Waals surface area (Å²) in [6.07, 6.45) is 1.11. The second-order valence-corrected chi connectivity index (χ2v) is 8.00. The lowest BCUT2D eigenvalue weighted by Gasteiger charge is -2.13. The maximum Gasteiger partial charge on any atom is 0.251 e. The molecular formula is C20H23ClN2O2S. The number of anilines is 1. The normalized spacial score (nSPS) is 11.7. The Morgan fingerprint density at radius 1 is 1.19 bits per heavy atom. The molecule has 26 heavy (non-hydrogen) atoms. The molecule has 0 saturated carbocycles. The van der Waals surface area contributed by atoms with Gasteiger partial charge in [0.25, 0.3) is 5.91 Å². The van der Waals surface area contributed by atoms with Crippen molar-refractivity contribution < 1.29 is 9.59 Å². The van der Waals surface area contributed by atoms with E-state index in [9.17, 15) is 9.59 Å². The largest absolute Gasteiger partial charge is 0.343 e. The summed E-state index contributed by atoms with van der Waals surface area (Å²) < 4.78 is 0. The Hall–Kier alpha value is -1.98. The van der Waals surface area contributed by atoms with Gasteiger partial charge in [0.05, 0.1) is 6.54 Å². The second kappa shape index (κ2) is 9.64. The number of rotatable bonds is 7. The molecule has 138 valence electrons. The van der Waals surface area contributed by atoms with E-state index in [4.69, 9.17) is 11.6 Å². The van der Waals surface area contributed by atoms with Crippen LogP contribution in [0.5, 0.6) is 0 Å². The Balaban J connectivity index is 1.90. The maximum atomic E-state index is 12.1. The highest BCUT2D eigenvalue weighted by Crippen LogP contribution is 2.28. The van der Waals surface area contributed by atoms with E-state index in [0.717, 1.165) is 17.7 Å². The van der Waals surface area contributed by atoms with Crippen LogP contribution in [-0.2, 0) is 4.79 Å². The van der Waals surface area contributed by atoms with E-state index in [1.54, 1.807) is 24.3 Å². The molecule has 2 amide bonds. The van der Waals surface area contributed by atoms with Crippen molar-refractivity contribution in [1.29, 1.82) is 0 Å². The fourth-order valence-electron chi connectivity index (χ4n) is 2.25. The molecule has 0 aromatic heterocycles. The van der Waals surface area contributed by atoms with Gasteiger partial charge in [-0.15, -0.1) is 11.8 Å². The van der Waals surface area contributed by atoms with E-state index in [0.29, 0.717) is 15.8 Å². The van der Waals surface area contributed by atoms with Crippen LogP contribution in [-0.4, -0.2) is 23.6 Å². The lowest BCUT2D eigenvalue weighted by Crippen LogP contribution is -2.33. The number of thioether (sulfide) groups is 1. The van der Waals surface area contributed by atoms with Crippen molar-refractivity contribution in [2.75, 3.05) is 11.9 Å². The molecule has 0 bridgehead atoms. The molecule has 0 heterocycles. The number of hydrogen-bond acceptors (Lipinski definition) is 3. The van der Waals surface area contributed by atoms with Crippen molar-refractivity contribution in [2.24, 2.45) is 0 Å². The van der Waals surface area contributed by atoms with Gasteiger partial charge in [-0.05, 0) is 55.3 Å². The number of halogens is 1. The van der Waals surface area contributed by atoms with Crippen LogP contribution < -0.4 is 10.6 Å². The number of aryl methyl sites for hydroxylation is 1. The van der Waals surface area contributed by atoms with Crippen molar-refractivity contribution in [2.45, 2.75) is 37.3 Å². The molecule has 0 radical (unpaired) electrons. The summed E-state index contributed by atoms with van der Waals surface area (Å²) >= 11 is 7.69. The van der Waals surface area contributed by atoms with Crippen LogP contribution in [0.3, 0.4) is 0 Å². The summed E-state index contributed by atoms with van der Waals surface area (Å²) in [6, 6.07) is 12.6. The molecule has 1 unspecified atom stereocenters. The first kappa shape index (κ1) is 20.3. The van der Waals surface area contributed by atoms with Crippen LogP contribution in [0.2, 0.25) is 5.02 Å². The summed E-state index contributed by atoms with van der Waals surface area (Å²) in [5, 5.41) is 6.46. The first-order valence-corrected chi connectivity index (χ1v) is 9.75. The van der Waals surface area contributed by atoms with E-state index >= 15 is 0 Å². The van der Waals surface area contributed by atoms with Gasteiger partial charge in [0.1, 0.15) is 0 Å². The van der Waals surface area contributed by atoms with Gasteiger partial charge in [0.15, 0.2) is 0 Å². The zero-order valence-electron chi connectivity index (χ0n) is 15.1. The number of hydrogen-bond donors (Lipinski definition) is 2. The van der Waals surface area contributed by atoms with Gasteiger partial charge >= 0.3 is 0 Å². The maximum absolute atomic E-state index is 12.1. The van der Waals surface area contributed by atoms with E-state index in [-0.39, 0.29) is 18.4 Å². The predicted octanol–water partition coefficient (Wildman–Crippen LogP) is 4.91. The molecule has 0 aliphatic rings. The average molecular weight is 391 g/mol. The molecule has 0 aliphatic carbocycles. The highest BCUT2D eigenvalue weighted by Gasteiger charge is 2.10. The van der Waals surface area contributed by atoms with E-state index in [1.807, 2.05) is 30.8 Å². The topological polar surface area (TPSA) is 58.2 Å². The summed E-state index contributed by atoms with van der Waals surface area (Å²) in [7, 11) is 0. The molecule has 6 heteroatoms. The third-order valence-corrected chi connectivity index (χ3v) is 5.38. The number of nitrogens with one attached hydrogen (secondary N) is 2. The van der Waals surface area contributed by atoms with Crippen molar-refractivity contribution in [3.8, 4) is 0 Å². The molecule has 2 aromatic rings. The zero-order valence-corrected chi connectivity index (χ0v) is 16.7. The van der Waals surface area contributed by atoms with Gasteiger partial charge < -0.3 is 10.6 Å². The van der Waals surface area contributed by atoms with Crippen molar-refractivity contribution >= 4 is 40.9 Å². The van der Waals surface area contributed by atoms with Gasteiger partial charge in [0, 0.05) is 26.4 Å². The Bertz CT molecular complexity index is 795. The quantitative estimate of drug-likeness (QED) is 0.660. The molecule has 2 rings (SSSR count). The van der Waals surface area contributed by atoms with Crippen LogP contribution in [0.15, 0.2) is 47.4 Å². The minimum absolute atomic E-state index is 0.103. The van der Waals surface area contributed by atoms with Crippen LogP contribution >= 0.6 is 23.4 Å². The van der Waals surface area contributed by atoms with Crippen LogP contribution in [0.4, 0.5) is 5.69 Å². The average Bonchev–Trinajstić information content (AvgIpc) is 2.61. The molecule has 4 nitrogen and oxygen atoms in total. The Morgan fingerprint density at radius 3 is 2.62 bits per heavy atom. The summed E-state index contributed by atoms with van der Waals surface area (Å²) in [5.74, 6) is -0.606. The van der Waals surface area contributed by atoms with E-state index < -0.39 is 0 Å². The van der Waals surface area contributed by atoms with Crippen LogP contribution in [0, 0.1) is 6.92 Å². The van der Waals surface area contributed by atoms with Gasteiger partial charge in [0.2, 0.25) is 5.91 Å². The van der Waals surface area contributed by atoms with E-state index in [1.165, 1.54) is 4.90 Å². The number of carbonyl (C=O) groups is 2. The highest BCUT2D eigenvalue weighted by atomic mass is 35.5. The van der Waals surface area contributed by atoms with Crippen molar-refractivity contribution in [1.82, 2.24) is 5.32 Å². The Kier molecular flexibility index (Phi) is 7.54. The van der Waals surface area contributed by atoms with Gasteiger partial charge in [-0.1, -0.05) is 31.5 Å². The molecule has 0 spiro atoms. The number of amides is 2. The van der Waals surface area contributed by atoms with Gasteiger partial charge in [-0.25, -0.2) is 0 Å². The standard InChI is InChI=1S/C20H23ClN2O2S/c1-4-14(3)26-17-8-9-18(13(2)10-17)23-19(24)12-22-20(25)15-6-5-7-16(21)11-15/h5-11,14H,4,12H2,1-3H3,(H,22,25)(H,23,24). The van der Waals surface area contributed by atoms with Crippen LogP contribution in [0.1, 0.15) is 36.2 Å². The minimum atomic E-state index is -0.334. The highest BCUT2D eigenvalue weighted by molar-refractivity contribution is 7.99. The summed E-state index contributed by atoms with van der Waals surface area (Å²) in [5.41, 5.74) is 2.17. The molecule has 2 N–H and O–H groups in total. The molecule has 2 aromatic carbocycles. The van der Waals surface area contributed by atoms with Gasteiger partial charge in [-0.3, -0.25) is 9.59 Å². The first-order valence-electron chi connectivity index (χ1n) is 8.50. The fourth-order valence-corrected chi connectivity index (χ4v) is 3.47. The second-order valence-electron chi connectivity index (χ2n) is 6.05. The van der Waals surface area contributed by atoms with Crippen molar-refractivity contribution in [3.63, 3.8) is 0 Å². The molecule has 0 fully saturated rings. The molecule has 0 aliphatic heterocycles. The summed E-state index contributed by atoms with van der Waals surface area (Å²) in [6.45, 7) is 6.21. The smallest absolute Gasteiger partial charge is 0.251 e. The number of carbonyl (C=O) groups excluding carboxylic acids is 2. The zero-order chi connectivity index (χ0) is 19.1. The third kappa shape index (κ3) is 6.07. The summed E-state index contributed by atoms with van der Waals surface area (Å²) in [4.78, 5) is 25.3. The molecule has 0 saturated heterocycles. The Labute approximate surface area is 163 Å². The number of benzene rings is 2. The monoisotopic (exact) mass is 390 g/mol. The van der Waals surface area contributed by atoms with Gasteiger partial charge in [-0.2, -0.15) is 0 Å². The first-order chi connectivity index (χ1) is 12.4. The van der Waals surface area contributed by atoms with Crippen molar-refractivity contribution in [3.05, 3.63) is 58.6 Å². The lowest BCUT2D eigenvalue weighted by molar-refractivity contribution is -0.115. The fraction of sp³-hybridized carbons (Fsp3) is 0.300. The Morgan fingerprint density at radius 2 is 1.96 bits per heavy atom. The molecular weight excluding hydrogens is 368 g/mol. The SMILES string of the molecule is CCC(C)Sc1ccc(NC(=O)CNC(=O)c2cccc(Cl)c2)c(C)c1. The predicted molar refractivity (Wildman–Crippen MR) is 109 cm³/mol. The third-order valence-electron chi connectivity index (χ3n) is 3.88. The van der Waals surface area contributed by atoms with Crippen LogP contribution in [0.25, 0.3) is 0 Å². The lowest BCUT2D eigenvalue weighted by atomic mass is 10.2. The molecule has 1 atom stereocenters. The minimum Gasteiger partial charge on any atom is -0.343 e.